The fraction of sp³-hybridized carbons (Fsp3) is 0.692. The summed E-state index contributed by atoms with van der Waals surface area (Å²) in [5.74, 6) is 0. The van der Waals surface area contributed by atoms with Crippen molar-refractivity contribution in [3.8, 4) is 0 Å². The first kappa shape index (κ1) is 17.2. The molecule has 1 aromatic heterocycles. The second-order valence-corrected chi connectivity index (χ2v) is 6.62. The molecule has 0 saturated carbocycles. The SMILES string of the molecule is CCCNCc1cc(S(=O)(=O)NCCOC(C)C)c[nH]1. The van der Waals surface area contributed by atoms with E-state index in [9.17, 15) is 8.42 Å². The Labute approximate surface area is 121 Å². The van der Waals surface area contributed by atoms with E-state index in [2.05, 4.69) is 21.9 Å². The zero-order chi connectivity index (χ0) is 15.0. The van der Waals surface area contributed by atoms with Gasteiger partial charge in [0.1, 0.15) is 0 Å². The van der Waals surface area contributed by atoms with Crippen LogP contribution in [0.4, 0.5) is 0 Å². The third-order valence-electron chi connectivity index (χ3n) is 2.61. The largest absolute Gasteiger partial charge is 0.377 e. The van der Waals surface area contributed by atoms with Crippen molar-refractivity contribution >= 4 is 10.0 Å². The van der Waals surface area contributed by atoms with Crippen molar-refractivity contribution in [2.45, 2.75) is 44.7 Å². The second kappa shape index (κ2) is 8.41. The van der Waals surface area contributed by atoms with Crippen LogP contribution in [0, 0.1) is 0 Å². The van der Waals surface area contributed by atoms with E-state index in [-0.39, 0.29) is 17.5 Å². The summed E-state index contributed by atoms with van der Waals surface area (Å²) in [6.07, 6.45) is 2.65. The summed E-state index contributed by atoms with van der Waals surface area (Å²) in [6, 6.07) is 1.65. The molecule has 20 heavy (non-hydrogen) atoms. The van der Waals surface area contributed by atoms with Gasteiger partial charge in [0.05, 0.1) is 17.6 Å². The van der Waals surface area contributed by atoms with Crippen LogP contribution in [0.5, 0.6) is 0 Å². The lowest BCUT2D eigenvalue weighted by molar-refractivity contribution is 0.0834. The summed E-state index contributed by atoms with van der Waals surface area (Å²) in [4.78, 5) is 3.23. The van der Waals surface area contributed by atoms with Gasteiger partial charge in [0.25, 0.3) is 0 Å². The summed E-state index contributed by atoms with van der Waals surface area (Å²) in [5.41, 5.74) is 0.859. The maximum absolute atomic E-state index is 12.0. The van der Waals surface area contributed by atoms with E-state index in [1.807, 2.05) is 13.8 Å². The minimum atomic E-state index is -3.46. The number of hydrogen-bond acceptors (Lipinski definition) is 4. The number of ether oxygens (including phenoxy) is 1. The zero-order valence-corrected chi connectivity index (χ0v) is 13.2. The van der Waals surface area contributed by atoms with Crippen LogP contribution in [-0.4, -0.2) is 39.2 Å². The summed E-state index contributed by atoms with van der Waals surface area (Å²) >= 11 is 0. The van der Waals surface area contributed by atoms with Crippen LogP contribution in [-0.2, 0) is 21.3 Å². The van der Waals surface area contributed by atoms with Crippen molar-refractivity contribution in [1.82, 2.24) is 15.0 Å². The van der Waals surface area contributed by atoms with E-state index in [4.69, 9.17) is 4.74 Å². The van der Waals surface area contributed by atoms with Crippen molar-refractivity contribution in [2.75, 3.05) is 19.7 Å². The Morgan fingerprint density at radius 2 is 2.10 bits per heavy atom. The molecule has 1 heterocycles. The molecule has 0 aliphatic heterocycles. The lowest BCUT2D eigenvalue weighted by atomic mass is 10.4. The van der Waals surface area contributed by atoms with Crippen molar-refractivity contribution in [1.29, 1.82) is 0 Å². The molecular formula is C13H25N3O3S. The van der Waals surface area contributed by atoms with Gasteiger partial charge in [-0.3, -0.25) is 0 Å². The standard InChI is InChI=1S/C13H25N3O3S/c1-4-5-14-9-12-8-13(10-15-12)20(17,18)16-6-7-19-11(2)3/h8,10-11,14-16H,4-7,9H2,1-3H3. The normalized spacial score (nSPS) is 12.2. The number of aromatic nitrogens is 1. The molecule has 0 bridgehead atoms. The minimum Gasteiger partial charge on any atom is -0.377 e. The van der Waals surface area contributed by atoms with Gasteiger partial charge in [0.15, 0.2) is 0 Å². The number of hydrogen-bond donors (Lipinski definition) is 3. The van der Waals surface area contributed by atoms with E-state index in [1.54, 1.807) is 6.07 Å². The lowest BCUT2D eigenvalue weighted by Crippen LogP contribution is -2.28. The molecule has 1 rings (SSSR count). The van der Waals surface area contributed by atoms with E-state index in [0.717, 1.165) is 18.7 Å². The summed E-state index contributed by atoms with van der Waals surface area (Å²) in [6.45, 7) is 8.10. The Hall–Kier alpha value is -0.890. The Morgan fingerprint density at radius 3 is 2.75 bits per heavy atom. The maximum Gasteiger partial charge on any atom is 0.242 e. The number of sulfonamides is 1. The van der Waals surface area contributed by atoms with Crippen LogP contribution in [0.2, 0.25) is 0 Å². The number of H-pyrrole nitrogens is 1. The van der Waals surface area contributed by atoms with Gasteiger partial charge in [0.2, 0.25) is 10.0 Å². The van der Waals surface area contributed by atoms with Gasteiger partial charge in [-0.1, -0.05) is 6.92 Å². The Kier molecular flexibility index (Phi) is 7.22. The third kappa shape index (κ3) is 6.04. The molecule has 1 aromatic rings. The van der Waals surface area contributed by atoms with Gasteiger partial charge < -0.3 is 15.0 Å². The molecule has 0 aliphatic carbocycles. The monoisotopic (exact) mass is 303 g/mol. The van der Waals surface area contributed by atoms with E-state index >= 15 is 0 Å². The van der Waals surface area contributed by atoms with Gasteiger partial charge in [-0.25, -0.2) is 13.1 Å². The van der Waals surface area contributed by atoms with Crippen LogP contribution in [0.3, 0.4) is 0 Å². The molecule has 0 amide bonds. The van der Waals surface area contributed by atoms with Gasteiger partial charge in [0, 0.05) is 25.0 Å². The zero-order valence-electron chi connectivity index (χ0n) is 12.4. The highest BCUT2D eigenvalue weighted by Crippen LogP contribution is 2.10. The molecule has 0 aromatic carbocycles. The van der Waals surface area contributed by atoms with Crippen LogP contribution in [0.1, 0.15) is 32.9 Å². The summed E-state index contributed by atoms with van der Waals surface area (Å²) < 4.78 is 31.8. The van der Waals surface area contributed by atoms with Crippen LogP contribution in [0.25, 0.3) is 0 Å². The molecule has 0 unspecified atom stereocenters. The summed E-state index contributed by atoms with van der Waals surface area (Å²) in [7, 11) is -3.46. The van der Waals surface area contributed by atoms with Crippen LogP contribution >= 0.6 is 0 Å². The molecule has 7 heteroatoms. The van der Waals surface area contributed by atoms with E-state index in [0.29, 0.717) is 13.2 Å². The van der Waals surface area contributed by atoms with Gasteiger partial charge in [-0.2, -0.15) is 0 Å². The molecular weight excluding hydrogens is 278 g/mol. The average Bonchev–Trinajstić information content (AvgIpc) is 2.84. The highest BCUT2D eigenvalue weighted by atomic mass is 32.2. The number of rotatable bonds is 10. The Balaban J connectivity index is 2.46. The molecule has 6 nitrogen and oxygen atoms in total. The molecule has 0 saturated heterocycles. The number of aromatic amines is 1. The number of nitrogens with one attached hydrogen (secondary N) is 3. The molecule has 0 spiro atoms. The molecule has 0 fully saturated rings. The molecule has 0 atom stereocenters. The predicted molar refractivity (Wildman–Crippen MR) is 79.1 cm³/mol. The van der Waals surface area contributed by atoms with E-state index < -0.39 is 10.0 Å². The first-order valence-corrected chi connectivity index (χ1v) is 8.43. The van der Waals surface area contributed by atoms with Crippen LogP contribution < -0.4 is 10.0 Å². The van der Waals surface area contributed by atoms with Crippen molar-refractivity contribution in [3.63, 3.8) is 0 Å². The van der Waals surface area contributed by atoms with Crippen LogP contribution in [0.15, 0.2) is 17.2 Å². The fourth-order valence-corrected chi connectivity index (χ4v) is 2.66. The summed E-state index contributed by atoms with van der Waals surface area (Å²) in [5, 5.41) is 3.21. The third-order valence-corrected chi connectivity index (χ3v) is 4.05. The smallest absolute Gasteiger partial charge is 0.242 e. The minimum absolute atomic E-state index is 0.100. The van der Waals surface area contributed by atoms with Gasteiger partial charge in [-0.15, -0.1) is 0 Å². The molecule has 0 aliphatic rings. The first-order chi connectivity index (χ1) is 9.45. The van der Waals surface area contributed by atoms with Crippen molar-refractivity contribution in [3.05, 3.63) is 18.0 Å². The topological polar surface area (TPSA) is 83.2 Å². The molecule has 3 N–H and O–H groups in total. The first-order valence-electron chi connectivity index (χ1n) is 6.95. The van der Waals surface area contributed by atoms with Crippen molar-refractivity contribution in [2.24, 2.45) is 0 Å². The Bertz CT molecular complexity index is 483. The highest BCUT2D eigenvalue weighted by Gasteiger charge is 2.15. The second-order valence-electron chi connectivity index (χ2n) is 4.85. The van der Waals surface area contributed by atoms with Gasteiger partial charge >= 0.3 is 0 Å². The molecule has 0 radical (unpaired) electrons. The van der Waals surface area contributed by atoms with E-state index in [1.165, 1.54) is 6.20 Å². The Morgan fingerprint density at radius 1 is 1.35 bits per heavy atom. The quantitative estimate of drug-likeness (QED) is 0.568. The highest BCUT2D eigenvalue weighted by molar-refractivity contribution is 7.89. The predicted octanol–water partition coefficient (Wildman–Crippen LogP) is 1.22. The molecule has 116 valence electrons. The average molecular weight is 303 g/mol. The van der Waals surface area contributed by atoms with Crippen molar-refractivity contribution < 1.29 is 13.2 Å². The lowest BCUT2D eigenvalue weighted by Gasteiger charge is -2.08. The van der Waals surface area contributed by atoms with Gasteiger partial charge in [-0.05, 0) is 32.9 Å². The fourth-order valence-electron chi connectivity index (χ4n) is 1.63. The maximum atomic E-state index is 12.0.